The molecule has 8 aliphatic rings. The summed E-state index contributed by atoms with van der Waals surface area (Å²) < 4.78 is 38.7. The van der Waals surface area contributed by atoms with E-state index in [1.165, 1.54) is 51.6 Å². The lowest BCUT2D eigenvalue weighted by atomic mass is 9.83. The van der Waals surface area contributed by atoms with E-state index in [0.717, 1.165) is 65.6 Å². The number of aliphatic hydroxyl groups is 6. The summed E-state index contributed by atoms with van der Waals surface area (Å²) in [5.74, 6) is -20.7. The molecule has 20 atom stereocenters. The molecule has 0 aliphatic carbocycles. The zero-order valence-electron chi connectivity index (χ0n) is 71.3. The first-order valence-corrected chi connectivity index (χ1v) is 42.9. The number of carboxylic acids is 1. The number of halogens is 2. The van der Waals surface area contributed by atoms with Gasteiger partial charge in [-0.3, -0.25) is 47.9 Å². The molecule has 0 radical (unpaired) electrons. The summed E-state index contributed by atoms with van der Waals surface area (Å²) in [6, 6.07) is 5.23. The Morgan fingerprint density at radius 3 is 2.06 bits per heavy atom. The number of phenolic OH excluding ortho intramolecular Hbond substituents is 3. The monoisotopic (exact) mass is 1870 g/mol. The molecule has 25 N–H and O–H groups in total. The van der Waals surface area contributed by atoms with Crippen molar-refractivity contribution in [3.05, 3.63) is 171 Å². The highest BCUT2D eigenvalue weighted by Crippen LogP contribution is 2.50. The molecule has 0 saturated carbocycles. The molecule has 16 rings (SSSR count). The minimum Gasteiger partial charge on any atom is -0.508 e. The number of para-hydroxylation sites is 1. The van der Waals surface area contributed by atoms with E-state index in [2.05, 4.69) is 62.8 Å². The second-order valence-electron chi connectivity index (χ2n) is 33.9. The molecule has 11 bridgehead atoms. The van der Waals surface area contributed by atoms with E-state index in [-0.39, 0.29) is 78.1 Å². The van der Waals surface area contributed by atoms with Gasteiger partial charge in [-0.25, -0.2) is 9.78 Å². The van der Waals surface area contributed by atoms with Gasteiger partial charge in [0.15, 0.2) is 17.8 Å². The van der Waals surface area contributed by atoms with Crippen molar-refractivity contribution in [2.24, 2.45) is 17.4 Å². The van der Waals surface area contributed by atoms with Gasteiger partial charge in [0.25, 0.3) is 11.8 Å². The number of aliphatic hydroxyl groups excluding tert-OH is 6. The van der Waals surface area contributed by atoms with Crippen LogP contribution in [0.5, 0.6) is 46.0 Å². The number of carbonyl (C=O) groups excluding carboxylic acids is 10. The minimum absolute atomic E-state index is 0.0406. The molecule has 3 saturated heterocycles. The molecule has 42 nitrogen and oxygen atoms in total. The summed E-state index contributed by atoms with van der Waals surface area (Å²) in [7, 11) is 1.34. The number of aromatic hydroxyl groups is 3. The maximum absolute atomic E-state index is 16.7. The van der Waals surface area contributed by atoms with Crippen molar-refractivity contribution in [3.63, 3.8) is 0 Å². The second-order valence-corrected chi connectivity index (χ2v) is 34.7. The largest absolute Gasteiger partial charge is 0.508 e. The minimum atomic E-state index is -3.71. The number of aromatic nitrogens is 3. The van der Waals surface area contributed by atoms with Crippen LogP contribution in [-0.2, 0) is 86.3 Å². The summed E-state index contributed by atoms with van der Waals surface area (Å²) in [5, 5.41) is 138. The fourth-order valence-corrected chi connectivity index (χ4v) is 17.6. The number of nitrogens with one attached hydrogen (secondary N) is 11. The zero-order chi connectivity index (χ0) is 95.0. The second kappa shape index (κ2) is 39.3. The molecule has 10 amide bonds. The van der Waals surface area contributed by atoms with Crippen molar-refractivity contribution in [2.45, 2.75) is 200 Å². The average Bonchev–Trinajstić information content (AvgIpc) is 1.01. The number of nitrogens with zero attached hydrogens (tertiary/aromatic N) is 2. The van der Waals surface area contributed by atoms with Crippen LogP contribution in [0.1, 0.15) is 123 Å². The molecule has 8 aromatic rings. The van der Waals surface area contributed by atoms with Crippen molar-refractivity contribution in [1.29, 1.82) is 0 Å². The van der Waals surface area contributed by atoms with Gasteiger partial charge in [0.05, 0.1) is 53.3 Å². The normalized spacial score (nSPS) is 26.9. The lowest BCUT2D eigenvalue weighted by Gasteiger charge is -2.44. The number of benzene rings is 6. The Morgan fingerprint density at radius 2 is 1.40 bits per heavy atom. The smallest absolute Gasteiger partial charge is 0.326 e. The van der Waals surface area contributed by atoms with Gasteiger partial charge in [-0.05, 0) is 140 Å². The van der Waals surface area contributed by atoms with Crippen LogP contribution in [0.15, 0.2) is 122 Å². The van der Waals surface area contributed by atoms with Gasteiger partial charge in [0.2, 0.25) is 64.8 Å². The molecular weight excluding hydrogens is 1770 g/mol. The van der Waals surface area contributed by atoms with Gasteiger partial charge in [0, 0.05) is 78.4 Å². The Balaban J connectivity index is 0.955. The molecule has 8 aliphatic heterocycles. The number of H-pyrrole nitrogens is 2. The number of primary amides is 1. The van der Waals surface area contributed by atoms with Gasteiger partial charge in [-0.2, -0.15) is 0 Å². The van der Waals surface area contributed by atoms with E-state index in [1.807, 2.05) is 0 Å². The standard InChI is InChI=1S/C88H99Cl2N15O27/c1-36(2)19-51(93-5)77(117)104-88(86(126)100-53(27-44-33-94-35-97-44)82(122)105-18-8-11-55(105)78(118)98-54(83(123)124)24-42-31-95-50-10-7-6-9-46(42)50)75(115)40-14-17-59(49(90)23-40)129-61-26-41-25-60(73(61)132-84-71(113)70(112)69(111)62(34-106)130-84)128-58-16-13-39(22-48(58)89)72(131-64-30-87(4,92)74(114)37(3)127-64)68-79(119)96-32-43-20-45(107)28-57(109)65(43)47-21-38(12-15-56(47)108)66(80(120)103-68)102-81(121)67(41)101-76(116)52(29-63(91)110)99-85(88)125/h6-7,9-10,12-17,20-23,25-26,28,31,33,35-37,51-55,62,64,66-72,74-75,84,93,95,106-109,111-115H,8,11,18-19,24,27,29-30,32,34,92H2,1-5H3,(H2,91,110)(H,94,97)(H,96,119)(H,98,118)(H,99,125)(H,100,126)(H,101,116)(H,102,121)(H,103,120)(H,104,117)(H,123,124). The van der Waals surface area contributed by atoms with Crippen LogP contribution in [0, 0.1) is 5.92 Å². The van der Waals surface area contributed by atoms with Gasteiger partial charge >= 0.3 is 5.97 Å². The number of nitrogens with two attached hydrogens (primary N) is 2. The molecule has 44 heteroatoms. The van der Waals surface area contributed by atoms with Crippen molar-refractivity contribution in [1.82, 2.24) is 67.7 Å². The SMILES string of the molecule is CNC(CC(C)C)C(=O)NC1(C(=O)NC(Cc2c[nH]cn2)C(=O)N2CCCC2C(=O)NC(Cc2c[nH]c3ccccc23)C(=O)O)C(=O)NC(CC(N)=O)C(=O)NC2C(=O)NC3C(=O)NC(C(=O)NCc4cc(O)cc(O)c4-c4cc3ccc4O)C(OC3CC(C)(N)C(O)C(C)O3)c3ccc(c(Cl)c3)Oc3cc2cc(c3OC2OC(CO)C(O)C(O)C2O)Oc2ccc(cc2Cl)C1O. The Labute approximate surface area is 761 Å². The number of carboxylic acid groups (broad SMARTS) is 1. The molecule has 0 spiro atoms. The van der Waals surface area contributed by atoms with Crippen molar-refractivity contribution < 1.29 is 132 Å². The number of fused-ring (bicyclic) bond motifs is 16. The lowest BCUT2D eigenvalue weighted by molar-refractivity contribution is -0.277. The maximum atomic E-state index is 16.7. The number of aliphatic carboxylic acids is 1. The van der Waals surface area contributed by atoms with Crippen molar-refractivity contribution in [2.75, 3.05) is 20.2 Å². The number of aromatic amines is 2. The number of hydrogen-bond acceptors (Lipinski definition) is 29. The number of carbonyl (C=O) groups is 11. The summed E-state index contributed by atoms with van der Waals surface area (Å²) in [6.45, 7) is 4.59. The fraction of sp³-hybridized carbons (Fsp3) is 0.409. The predicted molar refractivity (Wildman–Crippen MR) is 462 cm³/mol. The molecule has 132 heavy (non-hydrogen) atoms. The number of amides is 10. The Hall–Kier alpha value is -12.8. The third-order valence-electron chi connectivity index (χ3n) is 24.1. The summed E-state index contributed by atoms with van der Waals surface area (Å²) >= 11 is 14.7. The third-order valence-corrected chi connectivity index (χ3v) is 24.6. The highest BCUT2D eigenvalue weighted by atomic mass is 35.5. The van der Waals surface area contributed by atoms with E-state index in [0.29, 0.717) is 16.5 Å². The van der Waals surface area contributed by atoms with E-state index in [9.17, 15) is 65.4 Å². The lowest BCUT2D eigenvalue weighted by Crippen LogP contribution is -2.73. The van der Waals surface area contributed by atoms with Crippen LogP contribution in [0.2, 0.25) is 10.0 Å². The number of likely N-dealkylation sites (N-methyl/N-ethyl adjacent to an activating group) is 1. The van der Waals surface area contributed by atoms with Gasteiger partial charge in [0.1, 0.15) is 108 Å². The Bertz CT molecular complexity index is 5790. The number of imidazole rings is 1. The first-order chi connectivity index (χ1) is 62.7. The van der Waals surface area contributed by atoms with Gasteiger partial charge in [-0.15, -0.1) is 0 Å². The van der Waals surface area contributed by atoms with E-state index in [1.54, 1.807) is 44.3 Å². The van der Waals surface area contributed by atoms with Crippen LogP contribution < -0.4 is 73.5 Å². The number of rotatable bonds is 22. The Morgan fingerprint density at radius 1 is 0.727 bits per heavy atom. The van der Waals surface area contributed by atoms with Gasteiger partial charge in [-0.1, -0.05) is 73.4 Å². The highest BCUT2D eigenvalue weighted by molar-refractivity contribution is 6.32. The quantitative estimate of drug-likeness (QED) is 0.0413. The molecule has 3 fully saturated rings. The average molecular weight is 1870 g/mol. The van der Waals surface area contributed by atoms with Crippen LogP contribution in [0.3, 0.4) is 0 Å². The topological polar surface area (TPSA) is 653 Å². The maximum Gasteiger partial charge on any atom is 0.326 e. The summed E-state index contributed by atoms with van der Waals surface area (Å²) in [6.07, 6.45) is -17.2. The number of likely N-dealkylation sites (tertiary alicyclic amines) is 1. The number of hydrogen-bond donors (Lipinski definition) is 23. The third kappa shape index (κ3) is 19.9. The molecule has 2 aromatic heterocycles. The van der Waals surface area contributed by atoms with Crippen LogP contribution in [0.4, 0.5) is 0 Å². The number of phenols is 3. The number of ether oxygens (including phenoxy) is 6. The van der Waals surface area contributed by atoms with E-state index >= 15 is 38.4 Å². The van der Waals surface area contributed by atoms with Crippen LogP contribution in [-0.4, -0.2) is 253 Å². The first-order valence-electron chi connectivity index (χ1n) is 42.1. The van der Waals surface area contributed by atoms with Crippen LogP contribution in [0.25, 0.3) is 22.0 Å². The molecule has 6 aromatic carbocycles. The van der Waals surface area contributed by atoms with E-state index in [4.69, 9.17) is 63.1 Å². The molecule has 10 heterocycles. The van der Waals surface area contributed by atoms with E-state index < -0.39 is 279 Å². The van der Waals surface area contributed by atoms with Crippen molar-refractivity contribution >= 4 is 99.1 Å². The molecular formula is C88H99Cl2N15O27. The van der Waals surface area contributed by atoms with Gasteiger partial charge < -0.3 is 154 Å². The Kier molecular flexibility index (Phi) is 28.4. The molecule has 702 valence electrons. The fourth-order valence-electron chi connectivity index (χ4n) is 17.1. The predicted octanol–water partition coefficient (Wildman–Crippen LogP) is 0.586. The zero-order valence-corrected chi connectivity index (χ0v) is 72.8. The summed E-state index contributed by atoms with van der Waals surface area (Å²) in [5.41, 5.74) is 6.62. The van der Waals surface area contributed by atoms with Crippen molar-refractivity contribution in [3.8, 4) is 57.1 Å². The summed E-state index contributed by atoms with van der Waals surface area (Å²) in [4.78, 5) is 182. The van der Waals surface area contributed by atoms with Crippen LogP contribution >= 0.6 is 23.2 Å². The first kappa shape index (κ1) is 95.3. The molecule has 20 unspecified atom stereocenters. The highest BCUT2D eigenvalue weighted by Gasteiger charge is 2.58.